The van der Waals surface area contributed by atoms with Crippen LogP contribution in [0.5, 0.6) is 0 Å². The molecule has 0 saturated heterocycles. The molecule has 2 bridgehead atoms. The first-order chi connectivity index (χ1) is 9.72. The van der Waals surface area contributed by atoms with E-state index < -0.39 is 0 Å². The van der Waals surface area contributed by atoms with Crippen LogP contribution in [-0.4, -0.2) is 5.78 Å². The van der Waals surface area contributed by atoms with Crippen LogP contribution < -0.4 is 0 Å². The summed E-state index contributed by atoms with van der Waals surface area (Å²) in [6, 6.07) is 6.51. The lowest BCUT2D eigenvalue weighted by molar-refractivity contribution is 0.0822. The predicted octanol–water partition coefficient (Wildman–Crippen LogP) is 4.49. The van der Waals surface area contributed by atoms with Crippen LogP contribution in [0.2, 0.25) is 0 Å². The number of rotatable bonds is 2. The number of aryl methyl sites for hydroxylation is 1. The average Bonchev–Trinajstić information content (AvgIpc) is 2.99. The van der Waals surface area contributed by atoms with Crippen molar-refractivity contribution in [2.45, 2.75) is 51.9 Å². The van der Waals surface area contributed by atoms with Gasteiger partial charge in [0.25, 0.3) is 0 Å². The van der Waals surface area contributed by atoms with E-state index in [0.717, 1.165) is 37.2 Å². The summed E-state index contributed by atoms with van der Waals surface area (Å²) in [4.78, 5) is 12.8. The van der Waals surface area contributed by atoms with Gasteiger partial charge in [-0.05, 0) is 54.6 Å². The molecule has 0 N–H and O–H groups in total. The van der Waals surface area contributed by atoms with Gasteiger partial charge in [0.15, 0.2) is 5.78 Å². The molecule has 104 valence electrons. The molecule has 0 aromatic heterocycles. The number of allylic oxidation sites excluding steroid dienone is 2. The number of hydrogen-bond donors (Lipinski definition) is 0. The molecule has 0 radical (unpaired) electrons. The molecule has 4 rings (SSSR count). The van der Waals surface area contributed by atoms with Gasteiger partial charge in [-0.15, -0.1) is 0 Å². The zero-order valence-electron chi connectivity index (χ0n) is 12.2. The minimum atomic E-state index is 0.277. The van der Waals surface area contributed by atoms with E-state index in [-0.39, 0.29) is 5.41 Å². The Morgan fingerprint density at radius 1 is 1.25 bits per heavy atom. The standard InChI is InChI=1S/C19H22O/c1-2-4-14-5-3-6-15-11-19(12-17(20)18(14)15)10-13-7-8-16(19)9-13/h3,5-7,16H,2,4,8-12H2,1H3. The zero-order chi connectivity index (χ0) is 13.7. The molecule has 20 heavy (non-hydrogen) atoms. The Morgan fingerprint density at radius 2 is 2.15 bits per heavy atom. The van der Waals surface area contributed by atoms with Crippen molar-refractivity contribution >= 4 is 5.78 Å². The van der Waals surface area contributed by atoms with Gasteiger partial charge in [0.05, 0.1) is 0 Å². The summed E-state index contributed by atoms with van der Waals surface area (Å²) in [6.07, 6.45) is 10.2. The Hall–Kier alpha value is -1.37. The van der Waals surface area contributed by atoms with Gasteiger partial charge in [0.1, 0.15) is 0 Å². The number of carbonyl (C=O) groups excluding carboxylic acids is 1. The Balaban J connectivity index is 1.76. The second kappa shape index (κ2) is 4.31. The van der Waals surface area contributed by atoms with Crippen LogP contribution in [0, 0.1) is 11.3 Å². The van der Waals surface area contributed by atoms with E-state index in [1.54, 1.807) is 5.57 Å². The van der Waals surface area contributed by atoms with Gasteiger partial charge in [-0.1, -0.05) is 43.2 Å². The Kier molecular flexibility index (Phi) is 2.67. The van der Waals surface area contributed by atoms with Gasteiger partial charge >= 0.3 is 0 Å². The van der Waals surface area contributed by atoms with Gasteiger partial charge < -0.3 is 0 Å². The van der Waals surface area contributed by atoms with Crippen molar-refractivity contribution in [2.24, 2.45) is 11.3 Å². The van der Waals surface area contributed by atoms with E-state index in [0.29, 0.717) is 5.78 Å². The van der Waals surface area contributed by atoms with Gasteiger partial charge in [-0.3, -0.25) is 4.79 Å². The number of carbonyl (C=O) groups is 1. The number of Topliss-reactive ketones (excluding diaryl/α,β-unsaturated/α-hetero) is 1. The van der Waals surface area contributed by atoms with Crippen molar-refractivity contribution in [3.8, 4) is 0 Å². The number of hydrogen-bond acceptors (Lipinski definition) is 1. The van der Waals surface area contributed by atoms with Crippen LogP contribution in [0.25, 0.3) is 0 Å². The highest BCUT2D eigenvalue weighted by atomic mass is 16.1. The Bertz CT molecular complexity index is 610. The van der Waals surface area contributed by atoms with Crippen LogP contribution in [0.15, 0.2) is 29.8 Å². The number of benzene rings is 1. The van der Waals surface area contributed by atoms with Crippen molar-refractivity contribution in [2.75, 3.05) is 0 Å². The molecule has 2 unspecified atom stereocenters. The molecule has 1 aromatic carbocycles. The topological polar surface area (TPSA) is 17.1 Å². The molecule has 1 aromatic rings. The lowest BCUT2D eigenvalue weighted by Gasteiger charge is -2.40. The maximum Gasteiger partial charge on any atom is 0.164 e. The van der Waals surface area contributed by atoms with Crippen LogP contribution in [-0.2, 0) is 12.8 Å². The highest BCUT2D eigenvalue weighted by molar-refractivity contribution is 6.00. The van der Waals surface area contributed by atoms with Crippen molar-refractivity contribution in [3.63, 3.8) is 0 Å². The molecule has 1 fully saturated rings. The van der Waals surface area contributed by atoms with E-state index in [1.807, 2.05) is 0 Å². The van der Waals surface area contributed by atoms with Crippen LogP contribution in [0.1, 0.15) is 60.5 Å². The molecule has 2 atom stereocenters. The summed E-state index contributed by atoms with van der Waals surface area (Å²) in [7, 11) is 0. The van der Waals surface area contributed by atoms with Crippen molar-refractivity contribution in [1.29, 1.82) is 0 Å². The molecule has 1 heteroatoms. The smallest absolute Gasteiger partial charge is 0.164 e. The third-order valence-electron chi connectivity index (χ3n) is 5.74. The van der Waals surface area contributed by atoms with E-state index >= 15 is 0 Å². The van der Waals surface area contributed by atoms with Crippen LogP contribution >= 0.6 is 0 Å². The minimum Gasteiger partial charge on any atom is -0.294 e. The molecule has 0 heterocycles. The Morgan fingerprint density at radius 3 is 2.85 bits per heavy atom. The minimum absolute atomic E-state index is 0.277. The second-order valence-corrected chi connectivity index (χ2v) is 7.02. The lowest BCUT2D eigenvalue weighted by Crippen LogP contribution is -2.36. The predicted molar refractivity (Wildman–Crippen MR) is 80.9 cm³/mol. The van der Waals surface area contributed by atoms with Gasteiger partial charge in [0.2, 0.25) is 0 Å². The van der Waals surface area contributed by atoms with Crippen molar-refractivity contribution < 1.29 is 4.79 Å². The molecule has 1 saturated carbocycles. The monoisotopic (exact) mass is 266 g/mol. The van der Waals surface area contributed by atoms with Gasteiger partial charge in [-0.2, -0.15) is 0 Å². The van der Waals surface area contributed by atoms with Crippen LogP contribution in [0.4, 0.5) is 0 Å². The number of fused-ring (bicyclic) bond motifs is 4. The molecule has 1 nitrogen and oxygen atoms in total. The molecule has 3 aliphatic carbocycles. The average molecular weight is 266 g/mol. The highest BCUT2D eigenvalue weighted by Crippen LogP contribution is 2.58. The highest BCUT2D eigenvalue weighted by Gasteiger charge is 2.50. The summed E-state index contributed by atoms with van der Waals surface area (Å²) >= 11 is 0. The summed E-state index contributed by atoms with van der Waals surface area (Å²) in [5.41, 5.74) is 5.60. The SMILES string of the molecule is CCCc1cccc2c1C(=O)CC1(CC3=CCC1C3)C2. The molecular weight excluding hydrogens is 244 g/mol. The van der Waals surface area contributed by atoms with E-state index in [1.165, 1.54) is 30.4 Å². The van der Waals surface area contributed by atoms with E-state index in [4.69, 9.17) is 0 Å². The largest absolute Gasteiger partial charge is 0.294 e. The normalized spacial score (nSPS) is 30.8. The molecule has 0 aliphatic heterocycles. The first kappa shape index (κ1) is 12.4. The van der Waals surface area contributed by atoms with E-state index in [2.05, 4.69) is 31.2 Å². The summed E-state index contributed by atoms with van der Waals surface area (Å²) < 4.78 is 0. The summed E-state index contributed by atoms with van der Waals surface area (Å²) in [5.74, 6) is 1.16. The maximum atomic E-state index is 12.8. The van der Waals surface area contributed by atoms with Crippen molar-refractivity contribution in [3.05, 3.63) is 46.5 Å². The third kappa shape index (κ3) is 1.65. The summed E-state index contributed by atoms with van der Waals surface area (Å²) in [6.45, 7) is 2.19. The first-order valence-electron chi connectivity index (χ1n) is 8.04. The third-order valence-corrected chi connectivity index (χ3v) is 5.74. The fourth-order valence-electron chi connectivity index (χ4n) is 4.90. The fourth-order valence-corrected chi connectivity index (χ4v) is 4.90. The van der Waals surface area contributed by atoms with Gasteiger partial charge in [0, 0.05) is 12.0 Å². The number of ketones is 1. The van der Waals surface area contributed by atoms with E-state index in [9.17, 15) is 4.79 Å². The van der Waals surface area contributed by atoms with Crippen molar-refractivity contribution in [1.82, 2.24) is 0 Å². The lowest BCUT2D eigenvalue weighted by atomic mass is 9.63. The van der Waals surface area contributed by atoms with Crippen LogP contribution in [0.3, 0.4) is 0 Å². The molecule has 3 aliphatic rings. The Labute approximate surface area is 121 Å². The second-order valence-electron chi connectivity index (χ2n) is 7.02. The fraction of sp³-hybridized carbons (Fsp3) is 0.526. The zero-order valence-corrected chi connectivity index (χ0v) is 12.2. The molecule has 1 spiro atoms. The first-order valence-corrected chi connectivity index (χ1v) is 8.04. The quantitative estimate of drug-likeness (QED) is 0.721. The summed E-state index contributed by atoms with van der Waals surface area (Å²) in [5, 5.41) is 0. The molecule has 0 amide bonds. The maximum absolute atomic E-state index is 12.8. The molecular formula is C19H22O. The van der Waals surface area contributed by atoms with Gasteiger partial charge in [-0.25, -0.2) is 0 Å².